The van der Waals surface area contributed by atoms with Crippen molar-refractivity contribution in [3.63, 3.8) is 0 Å². The number of para-hydroxylation sites is 1. The normalized spacial score (nSPS) is 18.8. The van der Waals surface area contributed by atoms with Gasteiger partial charge in [-0.15, -0.1) is 0 Å². The first-order valence-electron chi connectivity index (χ1n) is 7.56. The molecule has 0 bridgehead atoms. The molecule has 1 aliphatic rings. The molecule has 0 spiro atoms. The molecule has 1 aromatic heterocycles. The van der Waals surface area contributed by atoms with E-state index >= 15 is 0 Å². The second kappa shape index (κ2) is 6.97. The first-order chi connectivity index (χ1) is 11.8. The number of benzene rings is 1. The van der Waals surface area contributed by atoms with Gasteiger partial charge in [-0.3, -0.25) is 4.79 Å². The van der Waals surface area contributed by atoms with Crippen LogP contribution < -0.4 is 5.32 Å². The highest BCUT2D eigenvalue weighted by Crippen LogP contribution is 2.21. The summed E-state index contributed by atoms with van der Waals surface area (Å²) >= 11 is 5.92. The highest BCUT2D eigenvalue weighted by molar-refractivity contribution is 7.91. The number of nitrogens with zero attached hydrogens (tertiary/aromatic N) is 1. The minimum Gasteiger partial charge on any atom is -0.452 e. The van der Waals surface area contributed by atoms with E-state index in [1.807, 2.05) is 0 Å². The number of nitrogens with one attached hydrogen (secondary N) is 1. The number of amides is 1. The zero-order chi connectivity index (χ0) is 18.0. The van der Waals surface area contributed by atoms with Crippen LogP contribution in [-0.4, -0.2) is 49.4 Å². The van der Waals surface area contributed by atoms with Crippen molar-refractivity contribution >= 4 is 44.2 Å². The lowest BCUT2D eigenvalue weighted by molar-refractivity contribution is -0.124. The molecule has 0 aliphatic carbocycles. The second-order valence-electron chi connectivity index (χ2n) is 5.75. The van der Waals surface area contributed by atoms with Gasteiger partial charge in [-0.1, -0.05) is 29.8 Å². The molecule has 1 aliphatic heterocycles. The number of halogens is 1. The molecule has 2 aromatic rings. The Morgan fingerprint density at radius 1 is 1.32 bits per heavy atom. The number of sulfone groups is 1. The SMILES string of the molecule is O=C(COC(=O)c1cc(Cl)nc2ccccc12)N[C@@H]1CCS(=O)(=O)C1. The molecule has 0 saturated carbocycles. The number of hydrogen-bond acceptors (Lipinski definition) is 6. The number of aromatic nitrogens is 1. The number of ether oxygens (including phenoxy) is 1. The molecule has 1 fully saturated rings. The van der Waals surface area contributed by atoms with Crippen LogP contribution >= 0.6 is 11.6 Å². The topological polar surface area (TPSA) is 102 Å². The first-order valence-corrected chi connectivity index (χ1v) is 9.76. The fourth-order valence-electron chi connectivity index (χ4n) is 2.70. The van der Waals surface area contributed by atoms with E-state index in [2.05, 4.69) is 10.3 Å². The predicted molar refractivity (Wildman–Crippen MR) is 92.2 cm³/mol. The van der Waals surface area contributed by atoms with Gasteiger partial charge >= 0.3 is 5.97 Å². The van der Waals surface area contributed by atoms with Gasteiger partial charge in [0.25, 0.3) is 5.91 Å². The molecule has 9 heteroatoms. The van der Waals surface area contributed by atoms with Crippen molar-refractivity contribution in [3.05, 3.63) is 41.0 Å². The molecule has 7 nitrogen and oxygen atoms in total. The van der Waals surface area contributed by atoms with Crippen LogP contribution in [-0.2, 0) is 19.4 Å². The molecular weight excluding hydrogens is 368 g/mol. The van der Waals surface area contributed by atoms with Gasteiger partial charge in [0.05, 0.1) is 22.6 Å². The Kier molecular flexibility index (Phi) is 4.91. The number of esters is 1. The molecule has 0 unspecified atom stereocenters. The van der Waals surface area contributed by atoms with Gasteiger partial charge in [-0.05, 0) is 18.6 Å². The molecule has 1 N–H and O–H groups in total. The number of carbonyl (C=O) groups is 2. The summed E-state index contributed by atoms with van der Waals surface area (Å²) in [5.74, 6) is -1.27. The average Bonchev–Trinajstić information content (AvgIpc) is 2.90. The summed E-state index contributed by atoms with van der Waals surface area (Å²) < 4.78 is 27.8. The summed E-state index contributed by atoms with van der Waals surface area (Å²) in [5, 5.41) is 3.27. The maximum Gasteiger partial charge on any atom is 0.339 e. The van der Waals surface area contributed by atoms with Crippen molar-refractivity contribution in [1.82, 2.24) is 10.3 Å². The van der Waals surface area contributed by atoms with Crippen LogP contribution in [0.15, 0.2) is 30.3 Å². The number of carbonyl (C=O) groups excluding carboxylic acids is 2. The van der Waals surface area contributed by atoms with E-state index in [-0.39, 0.29) is 22.2 Å². The van der Waals surface area contributed by atoms with Crippen LogP contribution in [0.2, 0.25) is 5.15 Å². The van der Waals surface area contributed by atoms with Crippen LogP contribution in [0.3, 0.4) is 0 Å². The van der Waals surface area contributed by atoms with Crippen LogP contribution in [0, 0.1) is 0 Å². The van der Waals surface area contributed by atoms with Crippen molar-refractivity contribution < 1.29 is 22.7 Å². The lowest BCUT2D eigenvalue weighted by Crippen LogP contribution is -2.38. The van der Waals surface area contributed by atoms with Crippen molar-refractivity contribution in [2.24, 2.45) is 0 Å². The van der Waals surface area contributed by atoms with E-state index in [0.717, 1.165) is 0 Å². The van der Waals surface area contributed by atoms with E-state index < -0.39 is 34.4 Å². The molecule has 1 atom stereocenters. The Balaban J connectivity index is 1.64. The Morgan fingerprint density at radius 2 is 2.08 bits per heavy atom. The second-order valence-corrected chi connectivity index (χ2v) is 8.37. The van der Waals surface area contributed by atoms with Crippen LogP contribution in [0.1, 0.15) is 16.8 Å². The third kappa shape index (κ3) is 4.26. The molecular formula is C16H15ClN2O5S. The van der Waals surface area contributed by atoms with E-state index in [0.29, 0.717) is 17.3 Å². The van der Waals surface area contributed by atoms with Crippen molar-refractivity contribution in [2.45, 2.75) is 12.5 Å². The summed E-state index contributed by atoms with van der Waals surface area (Å²) in [6.07, 6.45) is 0.368. The zero-order valence-corrected chi connectivity index (χ0v) is 14.6. The lowest BCUT2D eigenvalue weighted by atomic mass is 10.1. The lowest BCUT2D eigenvalue weighted by Gasteiger charge is -2.11. The maximum atomic E-state index is 12.3. The molecule has 25 heavy (non-hydrogen) atoms. The smallest absolute Gasteiger partial charge is 0.339 e. The summed E-state index contributed by atoms with van der Waals surface area (Å²) in [7, 11) is -3.09. The Labute approximate surface area is 149 Å². The number of fused-ring (bicyclic) bond motifs is 1. The number of rotatable bonds is 4. The van der Waals surface area contributed by atoms with Crippen molar-refractivity contribution in [2.75, 3.05) is 18.1 Å². The third-order valence-corrected chi connectivity index (χ3v) is 5.80. The molecule has 1 saturated heterocycles. The standard InChI is InChI=1S/C16H15ClN2O5S/c17-14-7-12(11-3-1-2-4-13(11)19-14)16(21)24-8-15(20)18-10-5-6-25(22,23)9-10/h1-4,7,10H,5-6,8-9H2,(H,18,20)/t10-/m1/s1. The van der Waals surface area contributed by atoms with E-state index in [1.54, 1.807) is 24.3 Å². The number of hydrogen-bond donors (Lipinski definition) is 1. The van der Waals surface area contributed by atoms with Gasteiger partial charge in [0, 0.05) is 11.4 Å². The Hall–Kier alpha value is -2.19. The molecule has 0 radical (unpaired) electrons. The molecule has 132 valence electrons. The minimum absolute atomic E-state index is 0.0548. The van der Waals surface area contributed by atoms with Gasteiger partial charge < -0.3 is 10.1 Å². The third-order valence-electron chi connectivity index (χ3n) is 3.84. The van der Waals surface area contributed by atoms with Gasteiger partial charge in [0.1, 0.15) is 5.15 Å². The van der Waals surface area contributed by atoms with Gasteiger partial charge in [-0.25, -0.2) is 18.2 Å². The van der Waals surface area contributed by atoms with Crippen molar-refractivity contribution in [3.8, 4) is 0 Å². The summed E-state index contributed by atoms with van der Waals surface area (Å²) in [6, 6.07) is 7.89. The predicted octanol–water partition coefficient (Wildman–Crippen LogP) is 1.35. The first kappa shape index (κ1) is 17.6. The minimum atomic E-state index is -3.09. The van der Waals surface area contributed by atoms with Gasteiger partial charge in [0.2, 0.25) is 0 Å². The summed E-state index contributed by atoms with van der Waals surface area (Å²) in [6.45, 7) is -0.496. The molecule has 3 rings (SSSR count). The fourth-order valence-corrected chi connectivity index (χ4v) is 4.57. The van der Waals surface area contributed by atoms with Gasteiger partial charge in [-0.2, -0.15) is 0 Å². The average molecular weight is 383 g/mol. The largest absolute Gasteiger partial charge is 0.452 e. The number of pyridine rings is 1. The van der Waals surface area contributed by atoms with E-state index in [1.165, 1.54) is 6.07 Å². The Morgan fingerprint density at radius 3 is 2.80 bits per heavy atom. The molecule has 1 amide bonds. The monoisotopic (exact) mass is 382 g/mol. The van der Waals surface area contributed by atoms with Crippen molar-refractivity contribution in [1.29, 1.82) is 0 Å². The van der Waals surface area contributed by atoms with Crippen LogP contribution in [0.4, 0.5) is 0 Å². The highest BCUT2D eigenvalue weighted by Gasteiger charge is 2.29. The molecule has 2 heterocycles. The summed E-state index contributed by atoms with van der Waals surface area (Å²) in [5.41, 5.74) is 0.759. The van der Waals surface area contributed by atoms with Crippen LogP contribution in [0.5, 0.6) is 0 Å². The fraction of sp³-hybridized carbons (Fsp3) is 0.312. The highest BCUT2D eigenvalue weighted by atomic mass is 35.5. The molecule has 1 aromatic carbocycles. The van der Waals surface area contributed by atoms with Crippen LogP contribution in [0.25, 0.3) is 10.9 Å². The zero-order valence-electron chi connectivity index (χ0n) is 13.1. The van der Waals surface area contributed by atoms with Gasteiger partial charge in [0.15, 0.2) is 16.4 Å². The summed E-state index contributed by atoms with van der Waals surface area (Å²) in [4.78, 5) is 28.2. The maximum absolute atomic E-state index is 12.3. The Bertz CT molecular complexity index is 945. The van der Waals surface area contributed by atoms with E-state index in [4.69, 9.17) is 16.3 Å². The quantitative estimate of drug-likeness (QED) is 0.632. The van der Waals surface area contributed by atoms with E-state index in [9.17, 15) is 18.0 Å².